The Morgan fingerprint density at radius 3 is 2.47 bits per heavy atom. The first-order valence-corrected chi connectivity index (χ1v) is 6.51. The zero-order chi connectivity index (χ0) is 12.7. The van der Waals surface area contributed by atoms with E-state index in [2.05, 4.69) is 4.90 Å². The number of hydrogen-bond acceptors (Lipinski definition) is 4. The van der Waals surface area contributed by atoms with Crippen molar-refractivity contribution in [2.45, 2.75) is 51.5 Å². The quantitative estimate of drug-likeness (QED) is 0.525. The molecule has 0 atom stereocenters. The van der Waals surface area contributed by atoms with Crippen LogP contribution >= 0.6 is 0 Å². The van der Waals surface area contributed by atoms with Crippen LogP contribution in [0, 0.1) is 0 Å². The number of esters is 1. The van der Waals surface area contributed by atoms with Crippen LogP contribution in [-0.4, -0.2) is 42.9 Å². The largest absolute Gasteiger partial charge is 0.466 e. The summed E-state index contributed by atoms with van der Waals surface area (Å²) in [4.78, 5) is 24.9. The van der Waals surface area contributed by atoms with E-state index < -0.39 is 5.97 Å². The highest BCUT2D eigenvalue weighted by Crippen LogP contribution is 2.21. The van der Waals surface area contributed by atoms with Crippen LogP contribution in [0.2, 0.25) is 0 Å². The maximum Gasteiger partial charge on any atom is 0.313 e. The zero-order valence-corrected chi connectivity index (χ0v) is 10.9. The fraction of sp³-hybridized carbons (Fsp3) is 0.846. The van der Waals surface area contributed by atoms with Gasteiger partial charge in [-0.1, -0.05) is 19.3 Å². The number of rotatable bonds is 6. The molecule has 0 spiro atoms. The first-order chi connectivity index (χ1) is 8.13. The summed E-state index contributed by atoms with van der Waals surface area (Å²) in [5, 5.41) is 0. The van der Waals surface area contributed by atoms with Crippen LogP contribution in [0.15, 0.2) is 0 Å². The van der Waals surface area contributed by atoms with Crippen molar-refractivity contribution in [2.75, 3.05) is 20.2 Å². The van der Waals surface area contributed by atoms with Gasteiger partial charge in [-0.25, -0.2) is 0 Å². The molecule has 0 bridgehead atoms. The second kappa shape index (κ2) is 7.43. The van der Waals surface area contributed by atoms with Crippen molar-refractivity contribution in [3.8, 4) is 0 Å². The van der Waals surface area contributed by atoms with Crippen molar-refractivity contribution in [3.63, 3.8) is 0 Å². The third-order valence-electron chi connectivity index (χ3n) is 3.27. The predicted molar refractivity (Wildman–Crippen MR) is 65.8 cm³/mol. The van der Waals surface area contributed by atoms with E-state index in [0.29, 0.717) is 19.2 Å². The monoisotopic (exact) mass is 241 g/mol. The van der Waals surface area contributed by atoms with Crippen molar-refractivity contribution >= 4 is 11.8 Å². The van der Waals surface area contributed by atoms with Crippen LogP contribution in [0.4, 0.5) is 0 Å². The second-order valence-electron chi connectivity index (χ2n) is 4.73. The van der Waals surface area contributed by atoms with E-state index >= 15 is 0 Å². The van der Waals surface area contributed by atoms with Crippen LogP contribution in [0.5, 0.6) is 0 Å². The van der Waals surface area contributed by atoms with E-state index in [-0.39, 0.29) is 12.2 Å². The van der Waals surface area contributed by atoms with Crippen LogP contribution < -0.4 is 0 Å². The highest BCUT2D eigenvalue weighted by Gasteiger charge is 2.20. The zero-order valence-electron chi connectivity index (χ0n) is 10.9. The lowest BCUT2D eigenvalue weighted by molar-refractivity contribution is -0.145. The molecule has 4 nitrogen and oxygen atoms in total. The lowest BCUT2D eigenvalue weighted by Crippen LogP contribution is -2.37. The van der Waals surface area contributed by atoms with Crippen molar-refractivity contribution in [2.24, 2.45) is 0 Å². The minimum atomic E-state index is -0.408. The highest BCUT2D eigenvalue weighted by atomic mass is 16.5. The van der Waals surface area contributed by atoms with Gasteiger partial charge in [-0.3, -0.25) is 14.5 Å². The highest BCUT2D eigenvalue weighted by molar-refractivity contribution is 5.96. The van der Waals surface area contributed by atoms with E-state index in [0.717, 1.165) is 0 Å². The smallest absolute Gasteiger partial charge is 0.313 e. The average Bonchev–Trinajstić information content (AvgIpc) is 2.30. The van der Waals surface area contributed by atoms with Gasteiger partial charge < -0.3 is 4.74 Å². The number of likely N-dealkylation sites (N-methyl/N-ethyl adjacent to an activating group) is 1. The van der Waals surface area contributed by atoms with E-state index in [4.69, 9.17) is 4.74 Å². The van der Waals surface area contributed by atoms with E-state index in [1.54, 1.807) is 6.92 Å². The van der Waals surface area contributed by atoms with Crippen LogP contribution in [0.3, 0.4) is 0 Å². The maximum absolute atomic E-state index is 11.6. The molecule has 0 N–H and O–H groups in total. The molecule has 98 valence electrons. The molecule has 0 aromatic carbocycles. The standard InChI is InChI=1S/C13H23NO3/c1-3-17-13(16)9-12(15)10-14(2)11-7-5-4-6-8-11/h11H,3-10H2,1-2H3. The van der Waals surface area contributed by atoms with Crippen LogP contribution in [0.25, 0.3) is 0 Å². The molecule has 0 unspecified atom stereocenters. The summed E-state index contributed by atoms with van der Waals surface area (Å²) in [6.07, 6.45) is 6.06. The van der Waals surface area contributed by atoms with Gasteiger partial charge in [0.25, 0.3) is 0 Å². The minimum absolute atomic E-state index is 0.0449. The van der Waals surface area contributed by atoms with Crippen molar-refractivity contribution < 1.29 is 14.3 Å². The second-order valence-corrected chi connectivity index (χ2v) is 4.73. The predicted octanol–water partition coefficient (Wildman–Crippen LogP) is 1.77. The molecule has 0 heterocycles. The molecule has 1 rings (SSSR count). The van der Waals surface area contributed by atoms with Crippen LogP contribution in [-0.2, 0) is 14.3 Å². The third-order valence-corrected chi connectivity index (χ3v) is 3.27. The van der Waals surface area contributed by atoms with Crippen molar-refractivity contribution in [1.82, 2.24) is 4.90 Å². The minimum Gasteiger partial charge on any atom is -0.466 e. The Morgan fingerprint density at radius 2 is 1.88 bits per heavy atom. The molecule has 1 fully saturated rings. The topological polar surface area (TPSA) is 46.6 Å². The maximum atomic E-state index is 11.6. The Morgan fingerprint density at radius 1 is 1.24 bits per heavy atom. The number of carbonyl (C=O) groups is 2. The lowest BCUT2D eigenvalue weighted by Gasteiger charge is -2.30. The van der Waals surface area contributed by atoms with Gasteiger partial charge in [0.2, 0.25) is 0 Å². The summed E-state index contributed by atoms with van der Waals surface area (Å²) < 4.78 is 4.76. The first-order valence-electron chi connectivity index (χ1n) is 6.51. The van der Waals surface area contributed by atoms with Crippen molar-refractivity contribution in [3.05, 3.63) is 0 Å². The Labute approximate surface area is 103 Å². The van der Waals surface area contributed by atoms with Gasteiger partial charge in [0, 0.05) is 6.04 Å². The number of nitrogens with zero attached hydrogens (tertiary/aromatic N) is 1. The molecule has 0 radical (unpaired) electrons. The summed E-state index contributed by atoms with van der Waals surface area (Å²) in [6, 6.07) is 0.509. The van der Waals surface area contributed by atoms with Gasteiger partial charge in [0.15, 0.2) is 5.78 Å². The Kier molecular flexibility index (Phi) is 6.19. The number of carbonyl (C=O) groups excluding carboxylic acids is 2. The number of hydrogen-bond donors (Lipinski definition) is 0. The fourth-order valence-electron chi connectivity index (χ4n) is 2.36. The SMILES string of the molecule is CCOC(=O)CC(=O)CN(C)C1CCCCC1. The van der Waals surface area contributed by atoms with E-state index in [1.807, 2.05) is 7.05 Å². The van der Waals surface area contributed by atoms with Gasteiger partial charge >= 0.3 is 5.97 Å². The molecule has 0 aromatic heterocycles. The van der Waals surface area contributed by atoms with Gasteiger partial charge in [-0.15, -0.1) is 0 Å². The summed E-state index contributed by atoms with van der Waals surface area (Å²) in [5.41, 5.74) is 0. The third kappa shape index (κ3) is 5.31. The van der Waals surface area contributed by atoms with Gasteiger partial charge in [-0.2, -0.15) is 0 Å². The molecule has 0 aromatic rings. The molecule has 1 aliphatic rings. The molecule has 1 saturated carbocycles. The molecule has 0 saturated heterocycles. The molecule has 4 heteroatoms. The van der Waals surface area contributed by atoms with E-state index in [9.17, 15) is 9.59 Å². The van der Waals surface area contributed by atoms with Crippen molar-refractivity contribution in [1.29, 1.82) is 0 Å². The summed E-state index contributed by atoms with van der Waals surface area (Å²) in [7, 11) is 1.97. The van der Waals surface area contributed by atoms with Crippen LogP contribution in [0.1, 0.15) is 45.4 Å². The number of ether oxygens (including phenoxy) is 1. The molecule has 17 heavy (non-hydrogen) atoms. The molecule has 1 aliphatic carbocycles. The van der Waals surface area contributed by atoms with E-state index in [1.165, 1.54) is 32.1 Å². The summed E-state index contributed by atoms with van der Waals surface area (Å²) >= 11 is 0. The van der Waals surface area contributed by atoms with Gasteiger partial charge in [0.05, 0.1) is 13.2 Å². The van der Waals surface area contributed by atoms with Gasteiger partial charge in [-0.05, 0) is 26.8 Å². The fourth-order valence-corrected chi connectivity index (χ4v) is 2.36. The summed E-state index contributed by atoms with van der Waals surface area (Å²) in [6.45, 7) is 2.45. The summed E-state index contributed by atoms with van der Waals surface area (Å²) in [5.74, 6) is -0.453. The molecule has 0 amide bonds. The Balaban J connectivity index is 2.26. The lowest BCUT2D eigenvalue weighted by atomic mass is 9.94. The normalized spacial score (nSPS) is 17.1. The average molecular weight is 241 g/mol. The molecular formula is C13H23NO3. The Bertz CT molecular complexity index is 259. The first kappa shape index (κ1) is 14.2. The van der Waals surface area contributed by atoms with Gasteiger partial charge in [0.1, 0.15) is 6.42 Å². The number of ketones is 1. The number of Topliss-reactive ketones (excluding diaryl/α,β-unsaturated/α-hetero) is 1. The molecular weight excluding hydrogens is 218 g/mol. The Hall–Kier alpha value is -0.900. The molecule has 0 aliphatic heterocycles.